The summed E-state index contributed by atoms with van der Waals surface area (Å²) >= 11 is 0. The Morgan fingerprint density at radius 1 is 1.26 bits per heavy atom. The summed E-state index contributed by atoms with van der Waals surface area (Å²) in [5, 5.41) is 8.56. The minimum absolute atomic E-state index is 0.0518. The summed E-state index contributed by atoms with van der Waals surface area (Å²) in [5.41, 5.74) is 4.27. The summed E-state index contributed by atoms with van der Waals surface area (Å²) in [4.78, 5) is 13.1. The number of hydrogen-bond acceptors (Lipinski definition) is 3. The van der Waals surface area contributed by atoms with Gasteiger partial charge < -0.3 is 19.9 Å². The van der Waals surface area contributed by atoms with Gasteiger partial charge in [-0.3, -0.25) is 4.79 Å². The quantitative estimate of drug-likeness (QED) is 0.765. The van der Waals surface area contributed by atoms with E-state index in [0.29, 0.717) is 30.0 Å². The van der Waals surface area contributed by atoms with E-state index in [-0.39, 0.29) is 11.8 Å². The zero-order valence-electron chi connectivity index (χ0n) is 19.2. The molecular weight excluding hydrogens is 386 g/mol. The van der Waals surface area contributed by atoms with Crippen LogP contribution in [0.25, 0.3) is 10.9 Å². The van der Waals surface area contributed by atoms with Gasteiger partial charge in [-0.05, 0) is 61.6 Å². The summed E-state index contributed by atoms with van der Waals surface area (Å²) in [7, 11) is 1.79. The lowest BCUT2D eigenvalue weighted by Gasteiger charge is -2.40. The van der Waals surface area contributed by atoms with Crippen LogP contribution in [0.2, 0.25) is 0 Å². The highest BCUT2D eigenvalue weighted by atomic mass is 16.5. The minimum Gasteiger partial charge on any atom is -0.381 e. The molecule has 0 unspecified atom stereocenters. The van der Waals surface area contributed by atoms with Crippen LogP contribution in [0.1, 0.15) is 63.0 Å². The molecule has 3 atom stereocenters. The molecule has 5 rings (SSSR count). The molecule has 1 saturated heterocycles. The van der Waals surface area contributed by atoms with Crippen molar-refractivity contribution in [1.29, 1.82) is 0 Å². The SMILES string of the molecule is COC1CCC(NC(=O)[C@H]2CN[C@@H]3Cc4cn(CC(C)C)c5cccc(c45)[C@H]3C2)CC1. The Hall–Kier alpha value is -1.85. The zero-order valence-corrected chi connectivity index (χ0v) is 19.2. The molecule has 2 aliphatic carbocycles. The fourth-order valence-corrected chi connectivity index (χ4v) is 6.22. The van der Waals surface area contributed by atoms with E-state index in [1.54, 1.807) is 7.11 Å². The Labute approximate surface area is 185 Å². The fraction of sp³-hybridized carbons (Fsp3) is 0.654. The number of amides is 1. The number of nitrogens with zero attached hydrogens (tertiary/aromatic N) is 1. The van der Waals surface area contributed by atoms with E-state index in [0.717, 1.165) is 51.6 Å². The smallest absolute Gasteiger partial charge is 0.224 e. The Kier molecular flexibility index (Phi) is 5.82. The van der Waals surface area contributed by atoms with Crippen molar-refractivity contribution in [2.75, 3.05) is 13.7 Å². The lowest BCUT2D eigenvalue weighted by molar-refractivity contribution is -0.127. The van der Waals surface area contributed by atoms with Crippen LogP contribution in [0.4, 0.5) is 0 Å². The van der Waals surface area contributed by atoms with Gasteiger partial charge in [0.1, 0.15) is 0 Å². The molecule has 5 nitrogen and oxygen atoms in total. The molecule has 1 saturated carbocycles. The molecule has 0 radical (unpaired) electrons. The lowest BCUT2D eigenvalue weighted by atomic mass is 9.73. The van der Waals surface area contributed by atoms with Crippen LogP contribution < -0.4 is 10.6 Å². The Morgan fingerprint density at radius 3 is 2.81 bits per heavy atom. The maximum atomic E-state index is 13.1. The van der Waals surface area contributed by atoms with Gasteiger partial charge in [0.05, 0.1) is 12.0 Å². The average molecular weight is 424 g/mol. The molecule has 1 aromatic carbocycles. The first-order chi connectivity index (χ1) is 15.0. The van der Waals surface area contributed by atoms with E-state index in [9.17, 15) is 4.79 Å². The molecule has 2 fully saturated rings. The molecule has 1 aliphatic heterocycles. The van der Waals surface area contributed by atoms with E-state index < -0.39 is 0 Å². The highest BCUT2D eigenvalue weighted by Gasteiger charge is 2.39. The molecule has 5 heteroatoms. The summed E-state index contributed by atoms with van der Waals surface area (Å²) in [5.74, 6) is 1.33. The predicted octanol–water partition coefficient (Wildman–Crippen LogP) is 3.99. The Morgan fingerprint density at radius 2 is 2.06 bits per heavy atom. The van der Waals surface area contributed by atoms with Crippen LogP contribution in [-0.4, -0.2) is 42.3 Å². The van der Waals surface area contributed by atoms with Crippen LogP contribution in [0.5, 0.6) is 0 Å². The number of carbonyl (C=O) groups is 1. The number of benzene rings is 1. The Bertz CT molecular complexity index is 942. The molecule has 1 aromatic heterocycles. The van der Waals surface area contributed by atoms with Gasteiger partial charge in [-0.15, -0.1) is 0 Å². The van der Waals surface area contributed by atoms with Crippen molar-refractivity contribution in [3.8, 4) is 0 Å². The maximum absolute atomic E-state index is 13.1. The van der Waals surface area contributed by atoms with Gasteiger partial charge in [0.2, 0.25) is 5.91 Å². The molecule has 168 valence electrons. The molecule has 2 heterocycles. The summed E-state index contributed by atoms with van der Waals surface area (Å²) in [6.45, 7) is 6.40. The van der Waals surface area contributed by atoms with Crippen molar-refractivity contribution in [1.82, 2.24) is 15.2 Å². The molecule has 2 N–H and O–H groups in total. The number of nitrogens with one attached hydrogen (secondary N) is 2. The second kappa shape index (κ2) is 8.59. The van der Waals surface area contributed by atoms with Crippen molar-refractivity contribution in [2.24, 2.45) is 11.8 Å². The van der Waals surface area contributed by atoms with E-state index in [2.05, 4.69) is 53.4 Å². The van der Waals surface area contributed by atoms with E-state index in [1.807, 2.05) is 0 Å². The minimum atomic E-state index is 0.0518. The molecule has 3 aliphatic rings. The number of carbonyl (C=O) groups excluding carboxylic acids is 1. The van der Waals surface area contributed by atoms with Gasteiger partial charge >= 0.3 is 0 Å². The van der Waals surface area contributed by atoms with Crippen LogP contribution in [-0.2, 0) is 22.5 Å². The van der Waals surface area contributed by atoms with Crippen LogP contribution in [0, 0.1) is 11.8 Å². The number of methoxy groups -OCH3 is 1. The van der Waals surface area contributed by atoms with Crippen molar-refractivity contribution < 1.29 is 9.53 Å². The van der Waals surface area contributed by atoms with Crippen molar-refractivity contribution >= 4 is 16.8 Å². The molecule has 0 spiro atoms. The number of fused-ring (bicyclic) bond motifs is 2. The molecule has 0 bridgehead atoms. The van der Waals surface area contributed by atoms with Crippen LogP contribution >= 0.6 is 0 Å². The summed E-state index contributed by atoms with van der Waals surface area (Å²) in [6.07, 6.45) is 8.92. The van der Waals surface area contributed by atoms with Gasteiger partial charge in [0.15, 0.2) is 0 Å². The Balaban J connectivity index is 1.32. The number of hydrogen-bond donors (Lipinski definition) is 2. The second-order valence-corrected chi connectivity index (χ2v) is 10.4. The van der Waals surface area contributed by atoms with E-state index in [1.165, 1.54) is 22.0 Å². The summed E-state index contributed by atoms with van der Waals surface area (Å²) in [6, 6.07) is 7.52. The van der Waals surface area contributed by atoms with Gasteiger partial charge in [-0.1, -0.05) is 26.0 Å². The highest BCUT2D eigenvalue weighted by molar-refractivity contribution is 5.89. The number of piperidine rings is 1. The molecule has 1 amide bonds. The van der Waals surface area contributed by atoms with Crippen molar-refractivity contribution in [2.45, 2.75) is 83.0 Å². The molecule has 31 heavy (non-hydrogen) atoms. The third-order valence-electron chi connectivity index (χ3n) is 7.79. The first-order valence-corrected chi connectivity index (χ1v) is 12.2. The standard InChI is InChI=1S/C26H37N3O2/c1-16(2)14-29-15-18-12-23-22(21-5-4-6-24(29)25(18)21)11-17(13-27-23)26(30)28-19-7-9-20(31-3)10-8-19/h4-6,15-17,19-20,22-23,27H,7-14H2,1-3H3,(H,28,30)/t17-,19?,20?,22-,23-/m1/s1. The third kappa shape index (κ3) is 4.03. The lowest BCUT2D eigenvalue weighted by Crippen LogP contribution is -2.52. The monoisotopic (exact) mass is 423 g/mol. The van der Waals surface area contributed by atoms with E-state index in [4.69, 9.17) is 4.74 Å². The van der Waals surface area contributed by atoms with Crippen molar-refractivity contribution in [3.63, 3.8) is 0 Å². The first kappa shape index (κ1) is 21.0. The normalized spacial score (nSPS) is 30.4. The van der Waals surface area contributed by atoms with Gasteiger partial charge in [-0.2, -0.15) is 0 Å². The van der Waals surface area contributed by atoms with Crippen LogP contribution in [0.15, 0.2) is 24.4 Å². The topological polar surface area (TPSA) is 55.3 Å². The number of aromatic nitrogens is 1. The first-order valence-electron chi connectivity index (χ1n) is 12.2. The van der Waals surface area contributed by atoms with E-state index >= 15 is 0 Å². The highest BCUT2D eigenvalue weighted by Crippen LogP contribution is 2.42. The molecule has 2 aromatic rings. The van der Waals surface area contributed by atoms with Gasteiger partial charge in [-0.25, -0.2) is 0 Å². The third-order valence-corrected chi connectivity index (χ3v) is 7.79. The summed E-state index contributed by atoms with van der Waals surface area (Å²) < 4.78 is 7.92. The van der Waals surface area contributed by atoms with Gasteiger partial charge in [0, 0.05) is 55.3 Å². The maximum Gasteiger partial charge on any atom is 0.224 e. The fourth-order valence-electron chi connectivity index (χ4n) is 6.22. The predicted molar refractivity (Wildman–Crippen MR) is 124 cm³/mol. The second-order valence-electron chi connectivity index (χ2n) is 10.4. The number of rotatable bonds is 5. The van der Waals surface area contributed by atoms with Gasteiger partial charge in [0.25, 0.3) is 0 Å². The van der Waals surface area contributed by atoms with Crippen LogP contribution in [0.3, 0.4) is 0 Å². The molecular formula is C26H37N3O2. The average Bonchev–Trinajstić information content (AvgIpc) is 3.11. The van der Waals surface area contributed by atoms with Crippen molar-refractivity contribution in [3.05, 3.63) is 35.5 Å². The zero-order chi connectivity index (χ0) is 21.5. The largest absolute Gasteiger partial charge is 0.381 e. The number of ether oxygens (including phenoxy) is 1.